The summed E-state index contributed by atoms with van der Waals surface area (Å²) in [6.07, 6.45) is 2.62. The highest BCUT2D eigenvalue weighted by molar-refractivity contribution is 7.98. The van der Waals surface area contributed by atoms with Crippen molar-refractivity contribution in [2.75, 3.05) is 31.9 Å². The van der Waals surface area contributed by atoms with E-state index in [1.807, 2.05) is 0 Å². The van der Waals surface area contributed by atoms with Crippen LogP contribution in [-0.2, 0) is 5.75 Å². The number of piperazine rings is 1. The quantitative estimate of drug-likeness (QED) is 0.776. The summed E-state index contributed by atoms with van der Waals surface area (Å²) in [6.45, 7) is 7.08. The van der Waals surface area contributed by atoms with Crippen LogP contribution in [0.1, 0.15) is 25.3 Å². The third kappa shape index (κ3) is 6.04. The predicted octanol–water partition coefficient (Wildman–Crippen LogP) is 3.42. The van der Waals surface area contributed by atoms with Gasteiger partial charge in [0.25, 0.3) is 0 Å². The first-order valence-corrected chi connectivity index (χ1v) is 8.62. The van der Waals surface area contributed by atoms with Gasteiger partial charge in [0.05, 0.1) is 0 Å². The molecule has 0 aliphatic carbocycles. The molecule has 1 aromatic rings. The fraction of sp³-hybridized carbons (Fsp3) is 0.625. The number of nitrogens with one attached hydrogen (secondary N) is 1. The molecule has 1 N–H and O–H groups in total. The minimum atomic E-state index is 0. The van der Waals surface area contributed by atoms with E-state index < -0.39 is 0 Å². The van der Waals surface area contributed by atoms with Crippen molar-refractivity contribution in [3.63, 3.8) is 0 Å². The van der Waals surface area contributed by atoms with Gasteiger partial charge < -0.3 is 5.32 Å². The Balaban J connectivity index is 0.00000200. The average Bonchev–Trinajstić information content (AvgIpc) is 2.47. The topological polar surface area (TPSA) is 15.3 Å². The molecule has 0 bridgehead atoms. The molecule has 20 heavy (non-hydrogen) atoms. The maximum absolute atomic E-state index is 3.52. The lowest BCUT2D eigenvalue weighted by Crippen LogP contribution is -2.51. The molecular formula is C16H27ClN2S. The molecule has 0 spiro atoms. The molecule has 0 radical (unpaired) electrons. The van der Waals surface area contributed by atoms with E-state index in [1.54, 1.807) is 0 Å². The summed E-state index contributed by atoms with van der Waals surface area (Å²) in [7, 11) is 0. The van der Waals surface area contributed by atoms with Crippen molar-refractivity contribution < 1.29 is 0 Å². The van der Waals surface area contributed by atoms with Gasteiger partial charge in [-0.3, -0.25) is 4.90 Å². The largest absolute Gasteiger partial charge is 0.314 e. The van der Waals surface area contributed by atoms with Crippen molar-refractivity contribution in [1.82, 2.24) is 10.2 Å². The van der Waals surface area contributed by atoms with Crippen molar-refractivity contribution >= 4 is 24.2 Å². The molecule has 0 amide bonds. The number of rotatable bonds is 7. The lowest BCUT2D eigenvalue weighted by molar-refractivity contribution is 0.162. The van der Waals surface area contributed by atoms with E-state index in [0.29, 0.717) is 0 Å². The molecule has 1 aliphatic heterocycles. The Hall–Kier alpha value is -0.220. The van der Waals surface area contributed by atoms with Gasteiger partial charge in [0, 0.05) is 43.7 Å². The Kier molecular flexibility index (Phi) is 9.36. The molecule has 0 aromatic heterocycles. The van der Waals surface area contributed by atoms with Crippen molar-refractivity contribution in [3.05, 3.63) is 35.9 Å². The standard InChI is InChI=1S/C16H26N2S.ClH/c1-2-6-16-13-17-9-10-18(16)11-12-19-14-15-7-4-3-5-8-15;/h3-5,7-8,16-17H,2,6,9-14H2,1H3;1H. The zero-order chi connectivity index (χ0) is 13.3. The molecule has 1 unspecified atom stereocenters. The lowest BCUT2D eigenvalue weighted by Gasteiger charge is -2.36. The molecule has 4 heteroatoms. The van der Waals surface area contributed by atoms with Crippen LogP contribution in [0.25, 0.3) is 0 Å². The molecule has 2 rings (SSSR count). The zero-order valence-corrected chi connectivity index (χ0v) is 14.0. The van der Waals surface area contributed by atoms with Gasteiger partial charge >= 0.3 is 0 Å². The Morgan fingerprint density at radius 1 is 1.30 bits per heavy atom. The van der Waals surface area contributed by atoms with Crippen LogP contribution in [0, 0.1) is 0 Å². The molecule has 1 fully saturated rings. The Morgan fingerprint density at radius 3 is 2.85 bits per heavy atom. The van der Waals surface area contributed by atoms with Crippen LogP contribution >= 0.6 is 24.2 Å². The van der Waals surface area contributed by atoms with Crippen LogP contribution in [0.4, 0.5) is 0 Å². The van der Waals surface area contributed by atoms with Gasteiger partial charge in [0.15, 0.2) is 0 Å². The smallest absolute Gasteiger partial charge is 0.0221 e. The van der Waals surface area contributed by atoms with Crippen LogP contribution in [0.2, 0.25) is 0 Å². The van der Waals surface area contributed by atoms with E-state index in [2.05, 4.69) is 59.2 Å². The first-order valence-electron chi connectivity index (χ1n) is 7.46. The van der Waals surface area contributed by atoms with Gasteiger partial charge in [-0.05, 0) is 12.0 Å². The molecule has 1 saturated heterocycles. The van der Waals surface area contributed by atoms with Gasteiger partial charge in [0.1, 0.15) is 0 Å². The van der Waals surface area contributed by atoms with Crippen LogP contribution in [0.3, 0.4) is 0 Å². The summed E-state index contributed by atoms with van der Waals surface area (Å²) < 4.78 is 0. The van der Waals surface area contributed by atoms with Crippen molar-refractivity contribution in [2.24, 2.45) is 0 Å². The van der Waals surface area contributed by atoms with E-state index in [1.165, 1.54) is 43.8 Å². The van der Waals surface area contributed by atoms with Gasteiger partial charge in [-0.25, -0.2) is 0 Å². The van der Waals surface area contributed by atoms with Crippen LogP contribution < -0.4 is 5.32 Å². The highest BCUT2D eigenvalue weighted by Gasteiger charge is 2.20. The van der Waals surface area contributed by atoms with E-state index in [-0.39, 0.29) is 12.4 Å². The monoisotopic (exact) mass is 314 g/mol. The third-order valence-electron chi connectivity index (χ3n) is 3.73. The highest BCUT2D eigenvalue weighted by atomic mass is 35.5. The second-order valence-electron chi connectivity index (χ2n) is 5.22. The number of halogens is 1. The summed E-state index contributed by atoms with van der Waals surface area (Å²) in [5.74, 6) is 2.39. The zero-order valence-electron chi connectivity index (χ0n) is 12.4. The molecule has 1 aliphatic rings. The number of benzene rings is 1. The van der Waals surface area contributed by atoms with E-state index >= 15 is 0 Å². The van der Waals surface area contributed by atoms with Crippen molar-refractivity contribution in [2.45, 2.75) is 31.6 Å². The van der Waals surface area contributed by atoms with E-state index in [4.69, 9.17) is 0 Å². The van der Waals surface area contributed by atoms with Crippen molar-refractivity contribution in [1.29, 1.82) is 0 Å². The molecule has 1 heterocycles. The molecule has 1 aromatic carbocycles. The molecule has 2 nitrogen and oxygen atoms in total. The lowest BCUT2D eigenvalue weighted by atomic mass is 10.1. The van der Waals surface area contributed by atoms with E-state index in [9.17, 15) is 0 Å². The summed E-state index contributed by atoms with van der Waals surface area (Å²) in [4.78, 5) is 2.68. The predicted molar refractivity (Wildman–Crippen MR) is 93.0 cm³/mol. The third-order valence-corrected chi connectivity index (χ3v) is 4.74. The maximum Gasteiger partial charge on any atom is 0.0221 e. The van der Waals surface area contributed by atoms with Gasteiger partial charge in [0.2, 0.25) is 0 Å². The molecule has 114 valence electrons. The minimum Gasteiger partial charge on any atom is -0.314 e. The van der Waals surface area contributed by atoms with Gasteiger partial charge in [-0.1, -0.05) is 43.7 Å². The van der Waals surface area contributed by atoms with Gasteiger partial charge in [-0.15, -0.1) is 12.4 Å². The Morgan fingerprint density at radius 2 is 2.10 bits per heavy atom. The SMILES string of the molecule is CCCC1CNCCN1CCSCc1ccccc1.Cl. The molecule has 1 atom stereocenters. The second kappa shape index (κ2) is 10.5. The second-order valence-corrected chi connectivity index (χ2v) is 6.33. The normalized spacial score (nSPS) is 19.6. The summed E-state index contributed by atoms with van der Waals surface area (Å²) in [5.41, 5.74) is 1.44. The van der Waals surface area contributed by atoms with Crippen LogP contribution in [0.15, 0.2) is 30.3 Å². The first kappa shape index (κ1) is 17.8. The number of thioether (sulfide) groups is 1. The fourth-order valence-electron chi connectivity index (χ4n) is 2.66. The Bertz CT molecular complexity index is 346. The fourth-order valence-corrected chi connectivity index (χ4v) is 3.60. The molecule has 0 saturated carbocycles. The van der Waals surface area contributed by atoms with Gasteiger partial charge in [-0.2, -0.15) is 11.8 Å². The average molecular weight is 315 g/mol. The summed E-state index contributed by atoms with van der Waals surface area (Å²) >= 11 is 2.06. The van der Waals surface area contributed by atoms with Crippen molar-refractivity contribution in [3.8, 4) is 0 Å². The van der Waals surface area contributed by atoms with Crippen LogP contribution in [0.5, 0.6) is 0 Å². The number of hydrogen-bond donors (Lipinski definition) is 1. The first-order chi connectivity index (χ1) is 9.40. The van der Waals surface area contributed by atoms with Crippen LogP contribution in [-0.4, -0.2) is 42.9 Å². The maximum atomic E-state index is 3.52. The van der Waals surface area contributed by atoms with E-state index in [0.717, 1.165) is 18.3 Å². The molecular weight excluding hydrogens is 288 g/mol. The summed E-state index contributed by atoms with van der Waals surface area (Å²) in [5, 5.41) is 3.52. The Labute approximate surface area is 134 Å². The number of hydrogen-bond acceptors (Lipinski definition) is 3. The minimum absolute atomic E-state index is 0. The highest BCUT2D eigenvalue weighted by Crippen LogP contribution is 2.14. The number of nitrogens with zero attached hydrogens (tertiary/aromatic N) is 1. The summed E-state index contributed by atoms with van der Waals surface area (Å²) in [6, 6.07) is 11.5.